The summed E-state index contributed by atoms with van der Waals surface area (Å²) in [5, 5.41) is 1.78. The van der Waals surface area contributed by atoms with Gasteiger partial charge in [-0.3, -0.25) is 9.78 Å². The number of hydrogen-bond donors (Lipinski definition) is 0. The standard InChI is InChI=1S/C17H11BrFNO/c18-16-12(5-3-7-14(16)19)10-15(21)17-13-6-2-1-4-11(13)8-9-20-17/h1-9H,10H2. The van der Waals surface area contributed by atoms with Crippen LogP contribution in [0.5, 0.6) is 0 Å². The van der Waals surface area contributed by atoms with Crippen molar-refractivity contribution in [2.75, 3.05) is 0 Å². The third-order valence-corrected chi connectivity index (χ3v) is 4.21. The molecule has 1 aromatic heterocycles. The molecule has 1 heterocycles. The molecule has 2 aromatic carbocycles. The molecule has 104 valence electrons. The number of halogens is 2. The van der Waals surface area contributed by atoms with Gasteiger partial charge in [0.2, 0.25) is 0 Å². The van der Waals surface area contributed by atoms with E-state index in [-0.39, 0.29) is 18.0 Å². The van der Waals surface area contributed by atoms with Gasteiger partial charge in [0.25, 0.3) is 0 Å². The molecule has 0 spiro atoms. The lowest BCUT2D eigenvalue weighted by Gasteiger charge is -2.07. The molecule has 0 N–H and O–H groups in total. The molecule has 0 amide bonds. The van der Waals surface area contributed by atoms with Crippen LogP contribution < -0.4 is 0 Å². The van der Waals surface area contributed by atoms with E-state index in [1.165, 1.54) is 6.07 Å². The molecule has 0 unspecified atom stereocenters. The number of fused-ring (bicyclic) bond motifs is 1. The van der Waals surface area contributed by atoms with Crippen LogP contribution in [-0.4, -0.2) is 10.8 Å². The number of pyridine rings is 1. The molecular weight excluding hydrogens is 333 g/mol. The maximum atomic E-state index is 13.5. The third-order valence-electron chi connectivity index (χ3n) is 3.32. The lowest BCUT2D eigenvalue weighted by Crippen LogP contribution is -2.07. The molecule has 0 aliphatic rings. The molecule has 21 heavy (non-hydrogen) atoms. The van der Waals surface area contributed by atoms with Gasteiger partial charge in [-0.05, 0) is 39.0 Å². The van der Waals surface area contributed by atoms with Gasteiger partial charge in [-0.1, -0.05) is 36.4 Å². The van der Waals surface area contributed by atoms with Crippen LogP contribution in [0.4, 0.5) is 4.39 Å². The minimum Gasteiger partial charge on any atom is -0.292 e. The van der Waals surface area contributed by atoms with Crippen molar-refractivity contribution in [2.24, 2.45) is 0 Å². The fraction of sp³-hybridized carbons (Fsp3) is 0.0588. The largest absolute Gasteiger partial charge is 0.292 e. The van der Waals surface area contributed by atoms with Gasteiger partial charge in [0, 0.05) is 18.0 Å². The Kier molecular flexibility index (Phi) is 3.80. The number of rotatable bonds is 3. The van der Waals surface area contributed by atoms with E-state index in [4.69, 9.17) is 0 Å². The normalized spacial score (nSPS) is 10.8. The zero-order valence-corrected chi connectivity index (χ0v) is 12.6. The number of benzene rings is 2. The summed E-state index contributed by atoms with van der Waals surface area (Å²) in [6.07, 6.45) is 1.73. The number of hydrogen-bond acceptors (Lipinski definition) is 2. The Morgan fingerprint density at radius 1 is 1.10 bits per heavy atom. The molecule has 0 aliphatic carbocycles. The van der Waals surface area contributed by atoms with Crippen molar-refractivity contribution in [1.82, 2.24) is 4.98 Å². The average Bonchev–Trinajstić information content (AvgIpc) is 2.51. The van der Waals surface area contributed by atoms with Crippen LogP contribution in [0.25, 0.3) is 10.8 Å². The smallest absolute Gasteiger partial charge is 0.186 e. The average molecular weight is 344 g/mol. The van der Waals surface area contributed by atoms with Crippen molar-refractivity contribution in [3.63, 3.8) is 0 Å². The highest BCUT2D eigenvalue weighted by atomic mass is 79.9. The van der Waals surface area contributed by atoms with E-state index in [9.17, 15) is 9.18 Å². The maximum Gasteiger partial charge on any atom is 0.186 e. The van der Waals surface area contributed by atoms with E-state index in [2.05, 4.69) is 20.9 Å². The minimum absolute atomic E-state index is 0.110. The first kappa shape index (κ1) is 13.9. The summed E-state index contributed by atoms with van der Waals surface area (Å²) in [7, 11) is 0. The monoisotopic (exact) mass is 343 g/mol. The van der Waals surface area contributed by atoms with Crippen molar-refractivity contribution in [2.45, 2.75) is 6.42 Å². The Morgan fingerprint density at radius 2 is 1.90 bits per heavy atom. The second-order valence-electron chi connectivity index (χ2n) is 4.69. The maximum absolute atomic E-state index is 13.5. The van der Waals surface area contributed by atoms with Crippen LogP contribution in [0.2, 0.25) is 0 Å². The van der Waals surface area contributed by atoms with Crippen LogP contribution in [0.15, 0.2) is 59.2 Å². The SMILES string of the molecule is O=C(Cc1cccc(F)c1Br)c1nccc2ccccc12. The van der Waals surface area contributed by atoms with Gasteiger partial charge in [-0.2, -0.15) is 0 Å². The zero-order chi connectivity index (χ0) is 14.8. The van der Waals surface area contributed by atoms with E-state index in [0.717, 1.165) is 10.8 Å². The van der Waals surface area contributed by atoms with Gasteiger partial charge in [-0.25, -0.2) is 4.39 Å². The first-order valence-electron chi connectivity index (χ1n) is 6.46. The summed E-state index contributed by atoms with van der Waals surface area (Å²) < 4.78 is 13.8. The Labute approximate surface area is 129 Å². The van der Waals surface area contributed by atoms with E-state index in [0.29, 0.717) is 15.7 Å². The molecule has 0 aliphatic heterocycles. The van der Waals surface area contributed by atoms with Crippen molar-refractivity contribution < 1.29 is 9.18 Å². The Bertz CT molecular complexity index is 827. The molecule has 0 bridgehead atoms. The fourth-order valence-electron chi connectivity index (χ4n) is 2.28. The summed E-state index contributed by atoms with van der Waals surface area (Å²) in [4.78, 5) is 16.7. The molecule has 3 aromatic rings. The number of Topliss-reactive ketones (excluding diaryl/α,β-unsaturated/α-hetero) is 1. The summed E-state index contributed by atoms with van der Waals surface area (Å²) in [6, 6.07) is 14.1. The van der Waals surface area contributed by atoms with Gasteiger partial charge >= 0.3 is 0 Å². The van der Waals surface area contributed by atoms with Gasteiger partial charge < -0.3 is 0 Å². The summed E-state index contributed by atoms with van der Waals surface area (Å²) >= 11 is 3.18. The lowest BCUT2D eigenvalue weighted by molar-refractivity contribution is 0.0990. The number of aromatic nitrogens is 1. The highest BCUT2D eigenvalue weighted by molar-refractivity contribution is 9.10. The van der Waals surface area contributed by atoms with Crippen molar-refractivity contribution >= 4 is 32.5 Å². The highest BCUT2D eigenvalue weighted by Gasteiger charge is 2.15. The molecule has 0 saturated carbocycles. The molecule has 2 nitrogen and oxygen atoms in total. The number of ketones is 1. The fourth-order valence-corrected chi connectivity index (χ4v) is 2.69. The van der Waals surface area contributed by atoms with Crippen molar-refractivity contribution in [3.8, 4) is 0 Å². The first-order valence-corrected chi connectivity index (χ1v) is 7.26. The van der Waals surface area contributed by atoms with Crippen LogP contribution in [0.3, 0.4) is 0 Å². The second kappa shape index (κ2) is 5.74. The van der Waals surface area contributed by atoms with Gasteiger partial charge in [0.1, 0.15) is 11.5 Å². The highest BCUT2D eigenvalue weighted by Crippen LogP contribution is 2.23. The summed E-state index contributed by atoms with van der Waals surface area (Å²) in [5.74, 6) is -0.496. The molecular formula is C17H11BrFNO. The molecule has 0 radical (unpaired) electrons. The van der Waals surface area contributed by atoms with E-state index >= 15 is 0 Å². The van der Waals surface area contributed by atoms with Crippen LogP contribution in [0, 0.1) is 5.82 Å². The first-order chi connectivity index (χ1) is 10.2. The predicted molar refractivity (Wildman–Crippen MR) is 83.9 cm³/mol. The summed E-state index contributed by atoms with van der Waals surface area (Å²) in [6.45, 7) is 0. The topological polar surface area (TPSA) is 30.0 Å². The molecule has 3 rings (SSSR count). The Hall–Kier alpha value is -2.07. The lowest BCUT2D eigenvalue weighted by atomic mass is 10.0. The number of carbonyl (C=O) groups is 1. The van der Waals surface area contributed by atoms with Gasteiger partial charge in [0.05, 0.1) is 4.47 Å². The van der Waals surface area contributed by atoms with Gasteiger partial charge in [0.15, 0.2) is 5.78 Å². The molecule has 4 heteroatoms. The predicted octanol–water partition coefficient (Wildman–Crippen LogP) is 4.56. The minimum atomic E-state index is -0.369. The van der Waals surface area contributed by atoms with Crippen LogP contribution in [0.1, 0.15) is 16.1 Å². The number of carbonyl (C=O) groups excluding carboxylic acids is 1. The Balaban J connectivity index is 2.00. The molecule has 0 saturated heterocycles. The molecule has 0 fully saturated rings. The molecule has 0 atom stereocenters. The third kappa shape index (κ3) is 2.72. The van der Waals surface area contributed by atoms with Crippen molar-refractivity contribution in [3.05, 3.63) is 76.3 Å². The second-order valence-corrected chi connectivity index (χ2v) is 5.49. The van der Waals surface area contributed by atoms with Gasteiger partial charge in [-0.15, -0.1) is 0 Å². The zero-order valence-electron chi connectivity index (χ0n) is 11.0. The van der Waals surface area contributed by atoms with Crippen molar-refractivity contribution in [1.29, 1.82) is 0 Å². The summed E-state index contributed by atoms with van der Waals surface area (Å²) in [5.41, 5.74) is 1.04. The quantitative estimate of drug-likeness (QED) is 0.652. The van der Waals surface area contributed by atoms with E-state index in [1.807, 2.05) is 30.3 Å². The Morgan fingerprint density at radius 3 is 2.76 bits per heavy atom. The van der Waals surface area contributed by atoms with E-state index < -0.39 is 0 Å². The number of nitrogens with zero attached hydrogens (tertiary/aromatic N) is 1. The van der Waals surface area contributed by atoms with Crippen LogP contribution in [-0.2, 0) is 6.42 Å². The van der Waals surface area contributed by atoms with Crippen LogP contribution >= 0.6 is 15.9 Å². The van der Waals surface area contributed by atoms with E-state index in [1.54, 1.807) is 18.3 Å².